The Labute approximate surface area is 124 Å². The largest absolute Gasteiger partial charge is 0.508 e. The first-order valence-corrected chi connectivity index (χ1v) is 7.09. The van der Waals surface area contributed by atoms with Gasteiger partial charge in [0.25, 0.3) is 0 Å². The Hall–Kier alpha value is -2.29. The highest BCUT2D eigenvalue weighted by molar-refractivity contribution is 6.02. The maximum absolute atomic E-state index is 12.4. The zero-order valence-electron chi connectivity index (χ0n) is 12.8. The van der Waals surface area contributed by atoms with Crippen LogP contribution in [0.5, 0.6) is 5.75 Å². The molecule has 1 aliphatic heterocycles. The Morgan fingerprint density at radius 3 is 2.29 bits per heavy atom. The van der Waals surface area contributed by atoms with Gasteiger partial charge in [0.2, 0.25) is 5.91 Å². The van der Waals surface area contributed by atoms with Gasteiger partial charge in [-0.15, -0.1) is 0 Å². The molecule has 2 aromatic carbocycles. The van der Waals surface area contributed by atoms with E-state index < -0.39 is 0 Å². The molecule has 108 valence electrons. The predicted octanol–water partition coefficient (Wildman–Crippen LogP) is 3.50. The molecule has 1 aliphatic rings. The van der Waals surface area contributed by atoms with Gasteiger partial charge < -0.3 is 10.0 Å². The zero-order chi connectivity index (χ0) is 15.3. The van der Waals surface area contributed by atoms with Gasteiger partial charge in [0.05, 0.1) is 12.1 Å². The molecule has 0 saturated carbocycles. The van der Waals surface area contributed by atoms with E-state index in [9.17, 15) is 9.90 Å². The molecule has 0 aromatic heterocycles. The standard InChI is InChI=1S/C18H19NO2/c1-10-5-13-8-18(21)19(4)16-9-17(20)12(3)7-15(16)14(13)6-11(10)2/h5-7,9,20H,8H2,1-4H3. The number of aryl methyl sites for hydroxylation is 3. The Bertz CT molecular complexity index is 762. The molecule has 3 heteroatoms. The number of amides is 1. The van der Waals surface area contributed by atoms with E-state index in [0.717, 1.165) is 27.9 Å². The lowest BCUT2D eigenvalue weighted by molar-refractivity contribution is -0.117. The minimum Gasteiger partial charge on any atom is -0.508 e. The minimum atomic E-state index is 0.0431. The highest BCUT2D eigenvalue weighted by atomic mass is 16.3. The summed E-state index contributed by atoms with van der Waals surface area (Å²) in [7, 11) is 1.77. The average molecular weight is 281 g/mol. The number of phenols is 1. The lowest BCUT2D eigenvalue weighted by Gasteiger charge is -2.19. The van der Waals surface area contributed by atoms with Crippen LogP contribution in [0.4, 0.5) is 5.69 Å². The maximum atomic E-state index is 12.4. The minimum absolute atomic E-state index is 0.0431. The van der Waals surface area contributed by atoms with E-state index in [2.05, 4.69) is 26.0 Å². The van der Waals surface area contributed by atoms with Crippen LogP contribution >= 0.6 is 0 Å². The third-order valence-electron chi connectivity index (χ3n) is 4.40. The third kappa shape index (κ3) is 2.09. The van der Waals surface area contributed by atoms with Crippen LogP contribution < -0.4 is 4.90 Å². The summed E-state index contributed by atoms with van der Waals surface area (Å²) >= 11 is 0. The van der Waals surface area contributed by atoms with Gasteiger partial charge in [-0.25, -0.2) is 0 Å². The lowest BCUT2D eigenvalue weighted by atomic mass is 9.92. The van der Waals surface area contributed by atoms with Crippen LogP contribution in [0.1, 0.15) is 22.3 Å². The van der Waals surface area contributed by atoms with Crippen molar-refractivity contribution in [3.05, 3.63) is 46.5 Å². The summed E-state index contributed by atoms with van der Waals surface area (Å²) in [5.74, 6) is 0.266. The third-order valence-corrected chi connectivity index (χ3v) is 4.40. The van der Waals surface area contributed by atoms with Gasteiger partial charge in [0.15, 0.2) is 0 Å². The fourth-order valence-electron chi connectivity index (χ4n) is 2.87. The number of hydrogen-bond donors (Lipinski definition) is 1. The molecule has 0 aliphatic carbocycles. The SMILES string of the molecule is Cc1cc2c(cc1C)-c1cc(C)c(O)cc1N(C)C(=O)C2. The molecule has 0 spiro atoms. The Kier molecular flexibility index (Phi) is 3.01. The number of likely N-dealkylation sites (N-methyl/N-ethyl adjacent to an activating group) is 1. The second-order valence-electron chi connectivity index (χ2n) is 5.88. The van der Waals surface area contributed by atoms with Crippen molar-refractivity contribution in [2.24, 2.45) is 0 Å². The first-order chi connectivity index (χ1) is 9.88. The summed E-state index contributed by atoms with van der Waals surface area (Å²) < 4.78 is 0. The molecule has 0 atom stereocenters. The number of carbonyl (C=O) groups is 1. The summed E-state index contributed by atoms with van der Waals surface area (Å²) in [5, 5.41) is 9.98. The molecular weight excluding hydrogens is 262 g/mol. The highest BCUT2D eigenvalue weighted by Gasteiger charge is 2.24. The number of phenolic OH excluding ortho intramolecular Hbond substituents is 1. The van der Waals surface area contributed by atoms with Crippen LogP contribution in [0.2, 0.25) is 0 Å². The molecule has 0 radical (unpaired) electrons. The van der Waals surface area contributed by atoms with E-state index in [0.29, 0.717) is 6.42 Å². The van der Waals surface area contributed by atoms with Crippen molar-refractivity contribution in [1.82, 2.24) is 0 Å². The van der Waals surface area contributed by atoms with Gasteiger partial charge in [-0.2, -0.15) is 0 Å². The fraction of sp³-hybridized carbons (Fsp3) is 0.278. The molecule has 21 heavy (non-hydrogen) atoms. The number of nitrogens with zero attached hydrogens (tertiary/aromatic N) is 1. The van der Waals surface area contributed by atoms with Crippen LogP contribution in [0.15, 0.2) is 24.3 Å². The second-order valence-corrected chi connectivity index (χ2v) is 5.88. The van der Waals surface area contributed by atoms with Crippen molar-refractivity contribution in [2.45, 2.75) is 27.2 Å². The van der Waals surface area contributed by atoms with Crippen LogP contribution in [0.25, 0.3) is 11.1 Å². The van der Waals surface area contributed by atoms with Crippen LogP contribution in [-0.2, 0) is 11.2 Å². The van der Waals surface area contributed by atoms with Crippen molar-refractivity contribution in [3.63, 3.8) is 0 Å². The normalized spacial score (nSPS) is 13.7. The summed E-state index contributed by atoms with van der Waals surface area (Å²) in [4.78, 5) is 14.0. The van der Waals surface area contributed by atoms with E-state index in [-0.39, 0.29) is 11.7 Å². The molecule has 1 amide bonds. The zero-order valence-corrected chi connectivity index (χ0v) is 12.8. The average Bonchev–Trinajstić information content (AvgIpc) is 2.51. The monoisotopic (exact) mass is 281 g/mol. The van der Waals surface area contributed by atoms with Gasteiger partial charge in [0.1, 0.15) is 5.75 Å². The van der Waals surface area contributed by atoms with Crippen molar-refractivity contribution in [2.75, 3.05) is 11.9 Å². The number of rotatable bonds is 0. The Balaban J connectivity index is 2.38. The van der Waals surface area contributed by atoms with Gasteiger partial charge >= 0.3 is 0 Å². The summed E-state index contributed by atoms with van der Waals surface area (Å²) in [5.41, 5.74) is 7.15. The van der Waals surface area contributed by atoms with Crippen LogP contribution in [-0.4, -0.2) is 18.1 Å². The predicted molar refractivity (Wildman–Crippen MR) is 84.9 cm³/mol. The summed E-state index contributed by atoms with van der Waals surface area (Å²) in [6, 6.07) is 7.90. The van der Waals surface area contributed by atoms with Crippen molar-refractivity contribution in [3.8, 4) is 16.9 Å². The Morgan fingerprint density at radius 2 is 1.57 bits per heavy atom. The number of anilines is 1. The highest BCUT2D eigenvalue weighted by Crippen LogP contribution is 2.40. The lowest BCUT2D eigenvalue weighted by Crippen LogP contribution is -2.26. The number of carbonyl (C=O) groups excluding carboxylic acids is 1. The summed E-state index contributed by atoms with van der Waals surface area (Å²) in [6.07, 6.45) is 0.390. The number of benzene rings is 2. The number of hydrogen-bond acceptors (Lipinski definition) is 2. The molecular formula is C18H19NO2. The number of fused-ring (bicyclic) bond motifs is 3. The fourth-order valence-corrected chi connectivity index (χ4v) is 2.87. The van der Waals surface area contributed by atoms with E-state index >= 15 is 0 Å². The van der Waals surface area contributed by atoms with Gasteiger partial charge in [-0.3, -0.25) is 4.79 Å². The number of aromatic hydroxyl groups is 1. The van der Waals surface area contributed by atoms with Crippen molar-refractivity contribution < 1.29 is 9.90 Å². The smallest absolute Gasteiger partial charge is 0.231 e. The maximum Gasteiger partial charge on any atom is 0.231 e. The summed E-state index contributed by atoms with van der Waals surface area (Å²) in [6.45, 7) is 6.03. The van der Waals surface area contributed by atoms with E-state index in [1.807, 2.05) is 13.0 Å². The molecule has 1 heterocycles. The van der Waals surface area contributed by atoms with Gasteiger partial charge in [0, 0.05) is 18.7 Å². The molecule has 0 bridgehead atoms. The molecule has 3 rings (SSSR count). The second kappa shape index (κ2) is 4.62. The molecule has 0 fully saturated rings. The quantitative estimate of drug-likeness (QED) is 0.803. The van der Waals surface area contributed by atoms with E-state index in [1.165, 1.54) is 11.1 Å². The van der Waals surface area contributed by atoms with E-state index in [1.54, 1.807) is 18.0 Å². The first kappa shape index (κ1) is 13.7. The topological polar surface area (TPSA) is 40.5 Å². The molecule has 3 nitrogen and oxygen atoms in total. The van der Waals surface area contributed by atoms with E-state index in [4.69, 9.17) is 0 Å². The first-order valence-electron chi connectivity index (χ1n) is 7.09. The van der Waals surface area contributed by atoms with Crippen molar-refractivity contribution in [1.29, 1.82) is 0 Å². The Morgan fingerprint density at radius 1 is 0.952 bits per heavy atom. The van der Waals surface area contributed by atoms with Gasteiger partial charge in [-0.1, -0.05) is 12.1 Å². The molecule has 0 saturated heterocycles. The molecule has 2 aromatic rings. The molecule has 0 unspecified atom stereocenters. The van der Waals surface area contributed by atoms with Crippen LogP contribution in [0.3, 0.4) is 0 Å². The molecule has 1 N–H and O–H groups in total. The van der Waals surface area contributed by atoms with Gasteiger partial charge in [-0.05, 0) is 54.7 Å². The van der Waals surface area contributed by atoms with Crippen molar-refractivity contribution >= 4 is 11.6 Å². The van der Waals surface area contributed by atoms with Crippen LogP contribution in [0, 0.1) is 20.8 Å².